The lowest BCUT2D eigenvalue weighted by molar-refractivity contribution is 0.128. The van der Waals surface area contributed by atoms with E-state index in [2.05, 4.69) is 45.0 Å². The number of anilines is 2. The Hall–Kier alpha value is -1.66. The van der Waals surface area contributed by atoms with Crippen molar-refractivity contribution in [2.75, 3.05) is 23.8 Å². The van der Waals surface area contributed by atoms with Crippen LogP contribution in [0.1, 0.15) is 31.0 Å². The molecule has 0 fully saturated rings. The summed E-state index contributed by atoms with van der Waals surface area (Å²) in [6.07, 6.45) is 1.06. The molecule has 2 aromatic rings. The highest BCUT2D eigenvalue weighted by Crippen LogP contribution is 2.15. The number of ether oxygens (including phenoxy) is 1. The summed E-state index contributed by atoms with van der Waals surface area (Å²) in [6.45, 7) is 6.87. The summed E-state index contributed by atoms with van der Waals surface area (Å²) in [4.78, 5) is 10.2. The van der Waals surface area contributed by atoms with Gasteiger partial charge in [-0.25, -0.2) is 9.97 Å². The van der Waals surface area contributed by atoms with E-state index in [0.29, 0.717) is 19.0 Å². The third-order valence-electron chi connectivity index (χ3n) is 2.79. The Bertz CT molecular complexity index is 504. The molecular weight excluding hydrogens is 284 g/mol. The van der Waals surface area contributed by atoms with Gasteiger partial charge in [0.05, 0.1) is 6.54 Å². The average Bonchev–Trinajstić information content (AvgIpc) is 3.02. The zero-order chi connectivity index (χ0) is 14.9. The molecule has 6 heteroatoms. The van der Waals surface area contributed by atoms with Crippen molar-refractivity contribution in [1.82, 2.24) is 9.97 Å². The fourth-order valence-electron chi connectivity index (χ4n) is 1.78. The van der Waals surface area contributed by atoms with E-state index in [4.69, 9.17) is 4.74 Å². The fourth-order valence-corrected chi connectivity index (χ4v) is 2.42. The Morgan fingerprint density at radius 3 is 2.67 bits per heavy atom. The van der Waals surface area contributed by atoms with E-state index in [1.54, 1.807) is 11.3 Å². The Balaban J connectivity index is 2.05. The molecule has 2 rings (SSSR count). The molecule has 0 unspecified atom stereocenters. The summed E-state index contributed by atoms with van der Waals surface area (Å²) >= 11 is 1.73. The van der Waals surface area contributed by atoms with Gasteiger partial charge in [0.2, 0.25) is 0 Å². The highest BCUT2D eigenvalue weighted by molar-refractivity contribution is 7.09. The predicted molar refractivity (Wildman–Crippen MR) is 87.8 cm³/mol. The molecule has 0 atom stereocenters. The van der Waals surface area contributed by atoms with E-state index in [1.165, 1.54) is 4.88 Å². The van der Waals surface area contributed by atoms with Gasteiger partial charge < -0.3 is 15.4 Å². The van der Waals surface area contributed by atoms with Crippen LogP contribution in [0.4, 0.5) is 11.6 Å². The third kappa shape index (κ3) is 5.32. The molecule has 0 saturated carbocycles. The Morgan fingerprint density at radius 1 is 1.19 bits per heavy atom. The van der Waals surface area contributed by atoms with E-state index in [9.17, 15) is 0 Å². The first-order valence-electron chi connectivity index (χ1n) is 7.27. The molecule has 0 aliphatic rings. The van der Waals surface area contributed by atoms with Crippen LogP contribution < -0.4 is 10.6 Å². The molecule has 0 saturated heterocycles. The highest BCUT2D eigenvalue weighted by Gasteiger charge is 2.05. The van der Waals surface area contributed by atoms with Crippen LogP contribution in [-0.2, 0) is 17.9 Å². The largest absolute Gasteiger partial charge is 0.374 e. The fraction of sp³-hybridized carbons (Fsp3) is 0.467. The van der Waals surface area contributed by atoms with Crippen LogP contribution in [0, 0.1) is 0 Å². The van der Waals surface area contributed by atoms with Crippen LogP contribution in [0.25, 0.3) is 0 Å². The van der Waals surface area contributed by atoms with Crippen molar-refractivity contribution in [2.45, 2.75) is 33.4 Å². The van der Waals surface area contributed by atoms with Crippen molar-refractivity contribution >= 4 is 23.0 Å². The minimum Gasteiger partial charge on any atom is -0.374 e. The lowest BCUT2D eigenvalue weighted by Gasteiger charge is -2.10. The van der Waals surface area contributed by atoms with Crippen molar-refractivity contribution < 1.29 is 4.74 Å². The van der Waals surface area contributed by atoms with Gasteiger partial charge in [0.1, 0.15) is 18.2 Å². The number of thiophene rings is 1. The van der Waals surface area contributed by atoms with Gasteiger partial charge in [-0.2, -0.15) is 0 Å². The summed E-state index contributed by atoms with van der Waals surface area (Å²) in [5.74, 6) is 2.37. The number of aromatic nitrogens is 2. The normalized spacial score (nSPS) is 10.6. The molecule has 0 aliphatic heterocycles. The van der Waals surface area contributed by atoms with Crippen molar-refractivity contribution in [1.29, 1.82) is 0 Å². The van der Waals surface area contributed by atoms with Crippen LogP contribution >= 0.6 is 11.3 Å². The Morgan fingerprint density at radius 2 is 2.00 bits per heavy atom. The Kier molecular flexibility index (Phi) is 6.43. The van der Waals surface area contributed by atoms with Gasteiger partial charge in [0.25, 0.3) is 0 Å². The van der Waals surface area contributed by atoms with Gasteiger partial charge in [-0.05, 0) is 24.8 Å². The standard InChI is InChI=1S/C15H22N4OS/c1-3-7-16-13-9-14(17-10-12-6-5-8-21-12)19-15(18-13)11-20-4-2/h5-6,8-9H,3-4,7,10-11H2,1-2H3,(H2,16,17,18,19). The zero-order valence-electron chi connectivity index (χ0n) is 12.6. The maximum absolute atomic E-state index is 5.41. The third-order valence-corrected chi connectivity index (χ3v) is 3.66. The smallest absolute Gasteiger partial charge is 0.158 e. The maximum atomic E-state index is 5.41. The molecule has 0 aromatic carbocycles. The van der Waals surface area contributed by atoms with E-state index in [1.807, 2.05) is 13.0 Å². The second kappa shape index (κ2) is 8.59. The molecule has 0 amide bonds. The van der Waals surface area contributed by atoms with Crippen LogP contribution in [0.3, 0.4) is 0 Å². The molecule has 0 radical (unpaired) electrons. The zero-order valence-corrected chi connectivity index (χ0v) is 13.4. The lowest BCUT2D eigenvalue weighted by atomic mass is 10.4. The van der Waals surface area contributed by atoms with Crippen molar-refractivity contribution in [2.24, 2.45) is 0 Å². The van der Waals surface area contributed by atoms with Gasteiger partial charge in [0.15, 0.2) is 5.82 Å². The number of nitrogens with zero attached hydrogens (tertiary/aromatic N) is 2. The van der Waals surface area contributed by atoms with Crippen molar-refractivity contribution in [3.05, 3.63) is 34.3 Å². The number of hydrogen-bond donors (Lipinski definition) is 2. The average molecular weight is 306 g/mol. The summed E-state index contributed by atoms with van der Waals surface area (Å²) in [5.41, 5.74) is 0. The Labute approximate surface area is 129 Å². The molecule has 2 N–H and O–H groups in total. The van der Waals surface area contributed by atoms with Crippen LogP contribution in [0.2, 0.25) is 0 Å². The summed E-state index contributed by atoms with van der Waals surface area (Å²) in [7, 11) is 0. The molecule has 114 valence electrons. The number of rotatable bonds is 9. The van der Waals surface area contributed by atoms with Crippen LogP contribution in [-0.4, -0.2) is 23.1 Å². The quantitative estimate of drug-likeness (QED) is 0.742. The molecule has 0 spiro atoms. The van der Waals surface area contributed by atoms with Gasteiger partial charge in [-0.1, -0.05) is 13.0 Å². The first kappa shape index (κ1) is 15.7. The first-order chi connectivity index (χ1) is 10.3. The number of nitrogens with one attached hydrogen (secondary N) is 2. The van der Waals surface area contributed by atoms with Gasteiger partial charge >= 0.3 is 0 Å². The van der Waals surface area contributed by atoms with E-state index in [0.717, 1.165) is 31.1 Å². The second-order valence-corrected chi connectivity index (χ2v) is 5.58. The van der Waals surface area contributed by atoms with E-state index >= 15 is 0 Å². The molecule has 2 aromatic heterocycles. The van der Waals surface area contributed by atoms with Gasteiger partial charge in [-0.3, -0.25) is 0 Å². The molecule has 21 heavy (non-hydrogen) atoms. The topological polar surface area (TPSA) is 59.1 Å². The molecule has 2 heterocycles. The summed E-state index contributed by atoms with van der Waals surface area (Å²) in [5, 5.41) is 8.72. The van der Waals surface area contributed by atoms with Gasteiger partial charge in [-0.15, -0.1) is 11.3 Å². The van der Waals surface area contributed by atoms with Crippen LogP contribution in [0.15, 0.2) is 23.6 Å². The van der Waals surface area contributed by atoms with Gasteiger partial charge in [0, 0.05) is 24.1 Å². The second-order valence-electron chi connectivity index (χ2n) is 4.55. The molecule has 5 nitrogen and oxygen atoms in total. The van der Waals surface area contributed by atoms with Crippen molar-refractivity contribution in [3.63, 3.8) is 0 Å². The minimum absolute atomic E-state index is 0.436. The van der Waals surface area contributed by atoms with Crippen LogP contribution in [0.5, 0.6) is 0 Å². The van der Waals surface area contributed by atoms with E-state index in [-0.39, 0.29) is 0 Å². The molecule has 0 bridgehead atoms. The molecular formula is C15H22N4OS. The first-order valence-corrected chi connectivity index (χ1v) is 8.15. The highest BCUT2D eigenvalue weighted by atomic mass is 32.1. The van der Waals surface area contributed by atoms with E-state index < -0.39 is 0 Å². The van der Waals surface area contributed by atoms with Crippen molar-refractivity contribution in [3.8, 4) is 0 Å². The SMILES string of the molecule is CCCNc1cc(NCc2cccs2)nc(COCC)n1. The monoisotopic (exact) mass is 306 g/mol. The summed E-state index contributed by atoms with van der Waals surface area (Å²) < 4.78 is 5.41. The lowest BCUT2D eigenvalue weighted by Crippen LogP contribution is -2.09. The summed E-state index contributed by atoms with van der Waals surface area (Å²) in [6, 6.07) is 6.10. The number of hydrogen-bond acceptors (Lipinski definition) is 6. The minimum atomic E-state index is 0.436. The maximum Gasteiger partial charge on any atom is 0.158 e. The molecule has 0 aliphatic carbocycles. The predicted octanol–water partition coefficient (Wildman–Crippen LogP) is 3.51.